The number of halogens is 7. The summed E-state index contributed by atoms with van der Waals surface area (Å²) in [6.45, 7) is 0. The number of hydrogen-bond acceptors (Lipinski definition) is 2. The van der Waals surface area contributed by atoms with E-state index < -0.39 is 42.8 Å². The number of carbonyl (C=O) groups excluding carboxylic acids is 1. The van der Waals surface area contributed by atoms with E-state index in [1.165, 1.54) is 0 Å². The third kappa shape index (κ3) is 3.72. The molecule has 1 unspecified atom stereocenters. The number of primary amides is 1. The van der Waals surface area contributed by atoms with Crippen molar-refractivity contribution < 1.29 is 35.5 Å². The van der Waals surface area contributed by atoms with Gasteiger partial charge in [0.1, 0.15) is 0 Å². The second-order valence-electron chi connectivity index (χ2n) is 3.41. The maximum Gasteiger partial charge on any atom is 0.459 e. The molecule has 0 heterocycles. The maximum atomic E-state index is 12.7. The Morgan fingerprint density at radius 1 is 1.06 bits per heavy atom. The molecule has 0 spiro atoms. The number of hydrogen-bond donors (Lipinski definition) is 2. The molecule has 0 fully saturated rings. The highest BCUT2D eigenvalue weighted by molar-refractivity contribution is 5.74. The molecule has 0 aromatic carbocycles. The van der Waals surface area contributed by atoms with Crippen molar-refractivity contribution in [3.8, 4) is 0 Å². The summed E-state index contributed by atoms with van der Waals surface area (Å²) in [5.41, 5.74) is 9.35. The lowest BCUT2D eigenvalue weighted by Crippen LogP contribution is -2.54. The Hall–Kier alpha value is -1.06. The van der Waals surface area contributed by atoms with E-state index in [1.807, 2.05) is 0 Å². The molecule has 0 saturated carbocycles. The predicted molar refractivity (Wildman–Crippen MR) is 42.4 cm³/mol. The monoisotopic (exact) mass is 270 g/mol. The third-order valence-corrected chi connectivity index (χ3v) is 1.80. The average Bonchev–Trinajstić information content (AvgIpc) is 1.97. The van der Waals surface area contributed by atoms with Crippen LogP contribution in [0.4, 0.5) is 30.7 Å². The summed E-state index contributed by atoms with van der Waals surface area (Å²) >= 11 is 0. The largest absolute Gasteiger partial charge is 0.459 e. The van der Waals surface area contributed by atoms with Gasteiger partial charge in [-0.25, -0.2) is 0 Å². The highest BCUT2D eigenvalue weighted by atomic mass is 19.4. The molecular weight excluding hydrogens is 261 g/mol. The second-order valence-corrected chi connectivity index (χ2v) is 3.41. The average molecular weight is 270 g/mol. The van der Waals surface area contributed by atoms with Crippen molar-refractivity contribution in [2.24, 2.45) is 11.5 Å². The Morgan fingerprint density at radius 3 is 1.76 bits per heavy atom. The first-order chi connectivity index (χ1) is 7.31. The number of amides is 1. The van der Waals surface area contributed by atoms with E-state index >= 15 is 0 Å². The first-order valence-electron chi connectivity index (χ1n) is 4.17. The van der Waals surface area contributed by atoms with Gasteiger partial charge in [0.2, 0.25) is 5.91 Å². The molecule has 1 amide bonds. The van der Waals surface area contributed by atoms with E-state index in [2.05, 4.69) is 5.73 Å². The third-order valence-electron chi connectivity index (χ3n) is 1.80. The van der Waals surface area contributed by atoms with Gasteiger partial charge in [-0.1, -0.05) is 0 Å². The number of carbonyl (C=O) groups is 1. The molecule has 1 atom stereocenters. The van der Waals surface area contributed by atoms with Crippen LogP contribution >= 0.6 is 0 Å². The SMILES string of the molecule is NC(=O)CC(N)CC(F)(F)C(F)(F)C(F)(F)F. The van der Waals surface area contributed by atoms with Gasteiger partial charge in [-0.15, -0.1) is 0 Å². The molecule has 0 rings (SSSR count). The lowest BCUT2D eigenvalue weighted by molar-refractivity contribution is -0.356. The number of nitrogens with two attached hydrogens (primary N) is 2. The van der Waals surface area contributed by atoms with E-state index in [9.17, 15) is 35.5 Å². The van der Waals surface area contributed by atoms with Crippen LogP contribution in [0.2, 0.25) is 0 Å². The standard InChI is InChI=1S/C7H9F7N2O/c8-5(9,2-3(15)1-4(16)17)6(10,11)7(12,13)14/h3H,1-2,15H2,(H2,16,17). The Labute approximate surface area is 90.9 Å². The van der Waals surface area contributed by atoms with Crippen molar-refractivity contribution in [3.05, 3.63) is 0 Å². The van der Waals surface area contributed by atoms with Crippen molar-refractivity contribution in [1.82, 2.24) is 0 Å². The Kier molecular flexibility index (Phi) is 4.38. The highest BCUT2D eigenvalue weighted by Gasteiger charge is 2.72. The molecule has 17 heavy (non-hydrogen) atoms. The molecule has 3 nitrogen and oxygen atoms in total. The summed E-state index contributed by atoms with van der Waals surface area (Å²) in [6, 6.07) is -1.88. The fourth-order valence-corrected chi connectivity index (χ4v) is 0.995. The van der Waals surface area contributed by atoms with E-state index in [0.717, 1.165) is 0 Å². The number of alkyl halides is 7. The smallest absolute Gasteiger partial charge is 0.370 e. The van der Waals surface area contributed by atoms with Crippen molar-refractivity contribution in [1.29, 1.82) is 0 Å². The maximum absolute atomic E-state index is 12.7. The van der Waals surface area contributed by atoms with E-state index in [4.69, 9.17) is 5.73 Å². The molecule has 10 heteroatoms. The fraction of sp³-hybridized carbons (Fsp3) is 0.857. The van der Waals surface area contributed by atoms with Gasteiger partial charge in [0.25, 0.3) is 0 Å². The lowest BCUT2D eigenvalue weighted by atomic mass is 10.0. The molecule has 0 aliphatic heterocycles. The van der Waals surface area contributed by atoms with Crippen LogP contribution in [0.3, 0.4) is 0 Å². The van der Waals surface area contributed by atoms with Crippen LogP contribution in [0.25, 0.3) is 0 Å². The van der Waals surface area contributed by atoms with Crippen LogP contribution < -0.4 is 11.5 Å². The van der Waals surface area contributed by atoms with Gasteiger partial charge in [0.15, 0.2) is 0 Å². The zero-order valence-corrected chi connectivity index (χ0v) is 8.20. The van der Waals surface area contributed by atoms with Crippen molar-refractivity contribution >= 4 is 5.91 Å². The molecular formula is C7H9F7N2O. The Bertz CT molecular complexity index is 288. The van der Waals surface area contributed by atoms with Crippen molar-refractivity contribution in [2.45, 2.75) is 36.9 Å². The molecule has 0 radical (unpaired) electrons. The molecule has 0 bridgehead atoms. The highest BCUT2D eigenvalue weighted by Crippen LogP contribution is 2.48. The summed E-state index contributed by atoms with van der Waals surface area (Å²) < 4.78 is 85.1. The normalized spacial score (nSPS) is 15.8. The van der Waals surface area contributed by atoms with Crippen LogP contribution in [0.5, 0.6) is 0 Å². The van der Waals surface area contributed by atoms with Gasteiger partial charge in [-0.2, -0.15) is 30.7 Å². The summed E-state index contributed by atoms with van der Waals surface area (Å²) in [7, 11) is 0. The van der Waals surface area contributed by atoms with Gasteiger partial charge in [0.05, 0.1) is 0 Å². The second kappa shape index (κ2) is 4.67. The van der Waals surface area contributed by atoms with Gasteiger partial charge >= 0.3 is 18.0 Å². The van der Waals surface area contributed by atoms with E-state index in [1.54, 1.807) is 0 Å². The van der Waals surface area contributed by atoms with Crippen LogP contribution in [0.15, 0.2) is 0 Å². The fourth-order valence-electron chi connectivity index (χ4n) is 0.995. The zero-order valence-electron chi connectivity index (χ0n) is 8.20. The Balaban J connectivity index is 4.84. The first-order valence-corrected chi connectivity index (χ1v) is 4.17. The molecule has 0 saturated heterocycles. The van der Waals surface area contributed by atoms with Gasteiger partial charge < -0.3 is 11.5 Å². The van der Waals surface area contributed by atoms with Crippen molar-refractivity contribution in [2.75, 3.05) is 0 Å². The van der Waals surface area contributed by atoms with E-state index in [0.29, 0.717) is 0 Å². The van der Waals surface area contributed by atoms with E-state index in [-0.39, 0.29) is 0 Å². The molecule has 0 aliphatic rings. The van der Waals surface area contributed by atoms with Crippen LogP contribution in [-0.4, -0.2) is 30.0 Å². The summed E-state index contributed by atoms with van der Waals surface area (Å²) in [5, 5.41) is 0. The lowest BCUT2D eigenvalue weighted by Gasteiger charge is -2.29. The first kappa shape index (κ1) is 15.9. The molecule has 4 N–H and O–H groups in total. The summed E-state index contributed by atoms with van der Waals surface area (Å²) in [6.07, 6.45) is -9.31. The minimum Gasteiger partial charge on any atom is -0.370 e. The minimum absolute atomic E-state index is 0.913. The molecule has 0 aromatic rings. The topological polar surface area (TPSA) is 69.1 Å². The molecule has 102 valence electrons. The van der Waals surface area contributed by atoms with Gasteiger partial charge in [-0.05, 0) is 0 Å². The minimum atomic E-state index is -6.40. The Morgan fingerprint density at radius 2 is 1.47 bits per heavy atom. The van der Waals surface area contributed by atoms with Crippen LogP contribution in [0.1, 0.15) is 12.8 Å². The zero-order chi connectivity index (χ0) is 14.1. The van der Waals surface area contributed by atoms with Crippen molar-refractivity contribution in [3.63, 3.8) is 0 Å². The summed E-state index contributed by atoms with van der Waals surface area (Å²) in [4.78, 5) is 10.2. The molecule has 0 aliphatic carbocycles. The van der Waals surface area contributed by atoms with Gasteiger partial charge in [-0.3, -0.25) is 4.79 Å². The van der Waals surface area contributed by atoms with Crippen LogP contribution in [-0.2, 0) is 4.79 Å². The van der Waals surface area contributed by atoms with Crippen LogP contribution in [0, 0.1) is 0 Å². The number of rotatable bonds is 5. The predicted octanol–water partition coefficient (Wildman–Crippen LogP) is 1.41. The molecule has 0 aromatic heterocycles. The summed E-state index contributed by atoms with van der Waals surface area (Å²) in [5.74, 6) is -12.8. The van der Waals surface area contributed by atoms with Gasteiger partial charge in [0, 0.05) is 18.9 Å². The quantitative estimate of drug-likeness (QED) is 0.741.